The average molecular weight is 512 g/mol. The Kier molecular flexibility index (Phi) is 5.17. The molecular formula is C38H25NO. The van der Waals surface area contributed by atoms with Gasteiger partial charge in [0.15, 0.2) is 0 Å². The zero-order valence-corrected chi connectivity index (χ0v) is 21.8. The molecule has 8 rings (SSSR count). The van der Waals surface area contributed by atoms with Gasteiger partial charge in [-0.15, -0.1) is 0 Å². The molecule has 0 spiro atoms. The van der Waals surface area contributed by atoms with E-state index in [1.807, 2.05) is 12.1 Å². The molecule has 0 N–H and O–H groups in total. The number of benzene rings is 7. The van der Waals surface area contributed by atoms with Crippen molar-refractivity contribution in [2.45, 2.75) is 0 Å². The Hall–Kier alpha value is -5.34. The van der Waals surface area contributed by atoms with Crippen LogP contribution in [0.1, 0.15) is 0 Å². The zero-order chi connectivity index (χ0) is 26.5. The summed E-state index contributed by atoms with van der Waals surface area (Å²) in [4.78, 5) is 2.35. The summed E-state index contributed by atoms with van der Waals surface area (Å²) in [5.74, 6) is 0. The molecule has 0 saturated heterocycles. The summed E-state index contributed by atoms with van der Waals surface area (Å²) >= 11 is 0. The van der Waals surface area contributed by atoms with E-state index >= 15 is 0 Å². The van der Waals surface area contributed by atoms with Crippen LogP contribution in [-0.4, -0.2) is 0 Å². The molecule has 40 heavy (non-hydrogen) atoms. The zero-order valence-electron chi connectivity index (χ0n) is 21.8. The van der Waals surface area contributed by atoms with Gasteiger partial charge in [-0.2, -0.15) is 0 Å². The molecule has 0 amide bonds. The molecule has 0 aliphatic rings. The molecule has 2 heteroatoms. The smallest absolute Gasteiger partial charge is 0.137 e. The standard InChI is InChI=1S/C38H25NO/c1-2-11-28-23-30(20-19-26(28)9-1)29-13-7-14-31(24-29)39(36-17-8-12-27-10-3-4-15-33(27)36)32-21-22-35-34-16-5-6-18-37(34)40-38(35)25-32/h1-25H. The summed E-state index contributed by atoms with van der Waals surface area (Å²) in [7, 11) is 0. The SMILES string of the molecule is c1cc(-c2ccc3ccccc3c2)cc(N(c2ccc3c(c2)oc2ccccc23)c2cccc3ccccc23)c1. The lowest BCUT2D eigenvalue weighted by Gasteiger charge is -2.27. The monoisotopic (exact) mass is 511 g/mol. The van der Waals surface area contributed by atoms with Crippen LogP contribution in [0.2, 0.25) is 0 Å². The predicted octanol–water partition coefficient (Wildman–Crippen LogP) is 11.0. The first kappa shape index (κ1) is 22.6. The minimum absolute atomic E-state index is 0.884. The second kappa shape index (κ2) is 9.14. The number of anilines is 3. The quantitative estimate of drug-likeness (QED) is 0.234. The summed E-state index contributed by atoms with van der Waals surface area (Å²) in [5.41, 5.74) is 7.45. The van der Waals surface area contributed by atoms with Crippen LogP contribution >= 0.6 is 0 Å². The Balaban J connectivity index is 1.34. The minimum atomic E-state index is 0.884. The highest BCUT2D eigenvalue weighted by Crippen LogP contribution is 2.42. The fourth-order valence-electron chi connectivity index (χ4n) is 5.88. The Morgan fingerprint density at radius 3 is 1.98 bits per heavy atom. The summed E-state index contributed by atoms with van der Waals surface area (Å²) in [6.07, 6.45) is 0. The molecule has 0 fully saturated rings. The van der Waals surface area contributed by atoms with Gasteiger partial charge in [0.1, 0.15) is 11.2 Å². The van der Waals surface area contributed by atoms with Crippen LogP contribution in [-0.2, 0) is 0 Å². The number of nitrogens with zero attached hydrogens (tertiary/aromatic N) is 1. The van der Waals surface area contributed by atoms with Gasteiger partial charge in [-0.1, -0.05) is 103 Å². The van der Waals surface area contributed by atoms with E-state index in [4.69, 9.17) is 4.42 Å². The van der Waals surface area contributed by atoms with Gasteiger partial charge in [-0.3, -0.25) is 0 Å². The fourth-order valence-corrected chi connectivity index (χ4v) is 5.88. The molecule has 0 bridgehead atoms. The lowest BCUT2D eigenvalue weighted by Crippen LogP contribution is -2.10. The van der Waals surface area contributed by atoms with E-state index in [1.165, 1.54) is 32.7 Å². The molecule has 0 radical (unpaired) electrons. The van der Waals surface area contributed by atoms with Gasteiger partial charge in [0.25, 0.3) is 0 Å². The van der Waals surface area contributed by atoms with Crippen molar-refractivity contribution in [1.29, 1.82) is 0 Å². The van der Waals surface area contributed by atoms with E-state index in [2.05, 4.69) is 144 Å². The van der Waals surface area contributed by atoms with Crippen molar-refractivity contribution < 1.29 is 4.42 Å². The number of hydrogen-bond donors (Lipinski definition) is 0. The lowest BCUT2D eigenvalue weighted by atomic mass is 10.00. The number of fused-ring (bicyclic) bond motifs is 5. The fraction of sp³-hybridized carbons (Fsp3) is 0. The Labute approximate surface area is 232 Å². The topological polar surface area (TPSA) is 16.4 Å². The van der Waals surface area contributed by atoms with Gasteiger partial charge in [0.05, 0.1) is 5.69 Å². The van der Waals surface area contributed by atoms with Crippen molar-refractivity contribution in [3.63, 3.8) is 0 Å². The van der Waals surface area contributed by atoms with Gasteiger partial charge in [-0.25, -0.2) is 0 Å². The van der Waals surface area contributed by atoms with E-state index in [-0.39, 0.29) is 0 Å². The summed E-state index contributed by atoms with van der Waals surface area (Å²) in [6.45, 7) is 0. The molecule has 8 aromatic rings. The number of furan rings is 1. The maximum atomic E-state index is 6.31. The van der Waals surface area contributed by atoms with Gasteiger partial charge in [-0.05, 0) is 69.8 Å². The van der Waals surface area contributed by atoms with Crippen LogP contribution in [0.5, 0.6) is 0 Å². The molecule has 188 valence electrons. The number of hydrogen-bond acceptors (Lipinski definition) is 2. The lowest BCUT2D eigenvalue weighted by molar-refractivity contribution is 0.669. The third-order valence-corrected chi connectivity index (χ3v) is 7.82. The van der Waals surface area contributed by atoms with E-state index < -0.39 is 0 Å². The molecule has 1 heterocycles. The molecule has 1 aromatic heterocycles. The van der Waals surface area contributed by atoms with E-state index in [0.29, 0.717) is 0 Å². The second-order valence-electron chi connectivity index (χ2n) is 10.2. The van der Waals surface area contributed by atoms with Gasteiger partial charge in [0, 0.05) is 33.6 Å². The van der Waals surface area contributed by atoms with Crippen molar-refractivity contribution >= 4 is 60.5 Å². The molecule has 7 aromatic carbocycles. The van der Waals surface area contributed by atoms with Gasteiger partial charge >= 0.3 is 0 Å². The van der Waals surface area contributed by atoms with E-state index in [0.717, 1.165) is 39.0 Å². The third-order valence-electron chi connectivity index (χ3n) is 7.82. The van der Waals surface area contributed by atoms with Gasteiger partial charge < -0.3 is 9.32 Å². The average Bonchev–Trinajstić information content (AvgIpc) is 3.39. The van der Waals surface area contributed by atoms with Gasteiger partial charge in [0.2, 0.25) is 0 Å². The van der Waals surface area contributed by atoms with E-state index in [1.54, 1.807) is 0 Å². The summed E-state index contributed by atoms with van der Waals surface area (Å²) < 4.78 is 6.31. The maximum Gasteiger partial charge on any atom is 0.137 e. The highest BCUT2D eigenvalue weighted by atomic mass is 16.3. The van der Waals surface area contributed by atoms with Crippen molar-refractivity contribution in [3.05, 3.63) is 152 Å². The number of rotatable bonds is 4. The first-order valence-corrected chi connectivity index (χ1v) is 13.6. The summed E-state index contributed by atoms with van der Waals surface area (Å²) in [5, 5.41) is 7.16. The molecular weight excluding hydrogens is 486 g/mol. The van der Waals surface area contributed by atoms with Crippen molar-refractivity contribution in [3.8, 4) is 11.1 Å². The van der Waals surface area contributed by atoms with Crippen LogP contribution in [0, 0.1) is 0 Å². The van der Waals surface area contributed by atoms with Crippen molar-refractivity contribution in [2.24, 2.45) is 0 Å². The first-order chi connectivity index (χ1) is 19.8. The van der Waals surface area contributed by atoms with Crippen LogP contribution in [0.4, 0.5) is 17.1 Å². The van der Waals surface area contributed by atoms with Crippen LogP contribution < -0.4 is 4.90 Å². The van der Waals surface area contributed by atoms with Crippen LogP contribution in [0.15, 0.2) is 156 Å². The Morgan fingerprint density at radius 1 is 0.375 bits per heavy atom. The maximum absolute atomic E-state index is 6.31. The minimum Gasteiger partial charge on any atom is -0.456 e. The first-order valence-electron chi connectivity index (χ1n) is 13.6. The molecule has 2 nitrogen and oxygen atoms in total. The predicted molar refractivity (Wildman–Crippen MR) is 169 cm³/mol. The third kappa shape index (κ3) is 3.73. The molecule has 0 unspecified atom stereocenters. The molecule has 0 aliphatic carbocycles. The van der Waals surface area contributed by atoms with E-state index in [9.17, 15) is 0 Å². The van der Waals surface area contributed by atoms with Crippen molar-refractivity contribution in [1.82, 2.24) is 0 Å². The molecule has 0 aliphatic heterocycles. The number of para-hydroxylation sites is 1. The Bertz CT molecular complexity index is 2180. The Morgan fingerprint density at radius 2 is 1.05 bits per heavy atom. The van der Waals surface area contributed by atoms with Crippen molar-refractivity contribution in [2.75, 3.05) is 4.90 Å². The van der Waals surface area contributed by atoms with Crippen LogP contribution in [0.25, 0.3) is 54.6 Å². The normalized spacial score (nSPS) is 11.5. The molecule has 0 saturated carbocycles. The second-order valence-corrected chi connectivity index (χ2v) is 10.2. The summed E-state index contributed by atoms with van der Waals surface area (Å²) in [6, 6.07) is 53.9. The van der Waals surface area contributed by atoms with Crippen LogP contribution in [0.3, 0.4) is 0 Å². The molecule has 0 atom stereocenters. The largest absolute Gasteiger partial charge is 0.456 e. The highest BCUT2D eigenvalue weighted by Gasteiger charge is 2.18. The highest BCUT2D eigenvalue weighted by molar-refractivity contribution is 6.07.